The van der Waals surface area contributed by atoms with Gasteiger partial charge >= 0.3 is 5.97 Å². The third-order valence-electron chi connectivity index (χ3n) is 1.34. The van der Waals surface area contributed by atoms with Crippen molar-refractivity contribution < 1.29 is 9.53 Å². The van der Waals surface area contributed by atoms with Gasteiger partial charge in [-0.3, -0.25) is 0 Å². The lowest BCUT2D eigenvalue weighted by molar-refractivity contribution is 0.0600. The van der Waals surface area contributed by atoms with Crippen molar-refractivity contribution >= 4 is 5.97 Å². The van der Waals surface area contributed by atoms with E-state index in [4.69, 9.17) is 5.73 Å². The highest BCUT2D eigenvalue weighted by Gasteiger charge is 2.05. The maximum atomic E-state index is 11.0. The number of hydrogen-bond acceptors (Lipinski definition) is 5. The minimum absolute atomic E-state index is 0.262. The first-order chi connectivity index (χ1) is 5.77. The van der Waals surface area contributed by atoms with Crippen LogP contribution in [0.4, 0.5) is 0 Å². The topological polar surface area (TPSA) is 78.1 Å². The molecule has 2 N–H and O–H groups in total. The van der Waals surface area contributed by atoms with E-state index in [2.05, 4.69) is 14.9 Å². The van der Waals surface area contributed by atoms with E-state index in [1.165, 1.54) is 13.3 Å². The molecule has 0 fully saturated rings. The highest BCUT2D eigenvalue weighted by Crippen LogP contribution is 2.00. The van der Waals surface area contributed by atoms with Gasteiger partial charge < -0.3 is 10.5 Å². The van der Waals surface area contributed by atoms with Gasteiger partial charge in [-0.15, -0.1) is 0 Å². The summed E-state index contributed by atoms with van der Waals surface area (Å²) in [6, 6.07) is 1.55. The van der Waals surface area contributed by atoms with Gasteiger partial charge in [-0.05, 0) is 6.07 Å². The molecule has 0 aromatic carbocycles. The number of methoxy groups -OCH3 is 1. The van der Waals surface area contributed by atoms with E-state index in [9.17, 15) is 4.79 Å². The maximum absolute atomic E-state index is 11.0. The minimum Gasteiger partial charge on any atom is -0.465 e. The molecule has 0 radical (unpaired) electrons. The van der Waals surface area contributed by atoms with Crippen molar-refractivity contribution in [1.29, 1.82) is 0 Å². The number of aromatic nitrogens is 2. The molecular weight excluding hydrogens is 158 g/mol. The maximum Gasteiger partial charge on any atom is 0.339 e. The number of carbonyl (C=O) groups is 1. The van der Waals surface area contributed by atoms with Gasteiger partial charge in [0, 0.05) is 6.54 Å². The molecule has 0 amide bonds. The zero-order valence-corrected chi connectivity index (χ0v) is 6.65. The van der Waals surface area contributed by atoms with Crippen molar-refractivity contribution in [1.82, 2.24) is 10.2 Å². The smallest absolute Gasteiger partial charge is 0.339 e. The second-order valence-corrected chi connectivity index (χ2v) is 2.13. The molecule has 0 aliphatic rings. The second-order valence-electron chi connectivity index (χ2n) is 2.13. The summed E-state index contributed by atoms with van der Waals surface area (Å²) in [7, 11) is 1.31. The van der Waals surface area contributed by atoms with Crippen molar-refractivity contribution in [2.24, 2.45) is 5.73 Å². The van der Waals surface area contributed by atoms with E-state index in [0.29, 0.717) is 11.3 Å². The standard InChI is InChI=1S/C7H9N3O2/c1-12-7(11)5-2-6(3-8)10-9-4-5/h2,4H,3,8H2,1H3. The van der Waals surface area contributed by atoms with Gasteiger partial charge in [-0.1, -0.05) is 0 Å². The second kappa shape index (κ2) is 3.77. The summed E-state index contributed by atoms with van der Waals surface area (Å²) in [5, 5.41) is 7.29. The van der Waals surface area contributed by atoms with Crippen LogP contribution in [0.25, 0.3) is 0 Å². The molecule has 0 aliphatic carbocycles. The van der Waals surface area contributed by atoms with Crippen LogP contribution in [-0.4, -0.2) is 23.3 Å². The summed E-state index contributed by atoms with van der Waals surface area (Å²) in [5.74, 6) is -0.431. The molecule has 1 aromatic heterocycles. The van der Waals surface area contributed by atoms with Crippen LogP contribution in [0, 0.1) is 0 Å². The molecule has 64 valence electrons. The van der Waals surface area contributed by atoms with E-state index < -0.39 is 5.97 Å². The first kappa shape index (κ1) is 8.61. The predicted octanol–water partition coefficient (Wildman–Crippen LogP) is -0.278. The molecule has 1 rings (SSSR count). The normalized spacial score (nSPS) is 9.50. The van der Waals surface area contributed by atoms with Crippen LogP contribution < -0.4 is 5.73 Å². The molecule has 1 heterocycles. The molecule has 1 aromatic rings. The Hall–Kier alpha value is -1.49. The van der Waals surface area contributed by atoms with Crippen molar-refractivity contribution in [2.45, 2.75) is 6.54 Å². The Morgan fingerprint density at radius 1 is 1.75 bits per heavy atom. The Morgan fingerprint density at radius 2 is 2.50 bits per heavy atom. The van der Waals surface area contributed by atoms with Crippen LogP contribution in [0.5, 0.6) is 0 Å². The number of ether oxygens (including phenoxy) is 1. The third kappa shape index (κ3) is 1.76. The number of rotatable bonds is 2. The lowest BCUT2D eigenvalue weighted by Crippen LogP contribution is -2.07. The first-order valence-corrected chi connectivity index (χ1v) is 3.38. The number of hydrogen-bond donors (Lipinski definition) is 1. The Bertz CT molecular complexity index is 288. The molecule has 12 heavy (non-hydrogen) atoms. The number of esters is 1. The van der Waals surface area contributed by atoms with Crippen molar-refractivity contribution in [3.63, 3.8) is 0 Å². The van der Waals surface area contributed by atoms with Crippen molar-refractivity contribution in [3.8, 4) is 0 Å². The number of nitrogens with two attached hydrogens (primary N) is 1. The Balaban J connectivity index is 2.93. The highest BCUT2D eigenvalue weighted by molar-refractivity contribution is 5.88. The van der Waals surface area contributed by atoms with E-state index in [0.717, 1.165) is 0 Å². The molecule has 0 aliphatic heterocycles. The quantitative estimate of drug-likeness (QED) is 0.613. The van der Waals surface area contributed by atoms with Gasteiger partial charge in [-0.2, -0.15) is 10.2 Å². The number of nitrogens with zero attached hydrogens (tertiary/aromatic N) is 2. The fourth-order valence-corrected chi connectivity index (χ4v) is 0.740. The van der Waals surface area contributed by atoms with E-state index in [1.54, 1.807) is 6.07 Å². The van der Waals surface area contributed by atoms with Gasteiger partial charge in [0.05, 0.1) is 24.6 Å². The molecular formula is C7H9N3O2. The van der Waals surface area contributed by atoms with Gasteiger partial charge in [-0.25, -0.2) is 4.79 Å². The molecule has 0 atom stereocenters. The van der Waals surface area contributed by atoms with Crippen LogP contribution in [0.3, 0.4) is 0 Å². The van der Waals surface area contributed by atoms with E-state index in [-0.39, 0.29) is 6.54 Å². The zero-order valence-electron chi connectivity index (χ0n) is 6.65. The minimum atomic E-state index is -0.431. The average molecular weight is 167 g/mol. The monoisotopic (exact) mass is 167 g/mol. The Morgan fingerprint density at radius 3 is 3.08 bits per heavy atom. The van der Waals surface area contributed by atoms with Crippen LogP contribution >= 0.6 is 0 Å². The molecule has 0 bridgehead atoms. The third-order valence-corrected chi connectivity index (χ3v) is 1.34. The van der Waals surface area contributed by atoms with Crippen molar-refractivity contribution in [2.75, 3.05) is 7.11 Å². The lowest BCUT2D eigenvalue weighted by atomic mass is 10.2. The highest BCUT2D eigenvalue weighted by atomic mass is 16.5. The largest absolute Gasteiger partial charge is 0.465 e. The van der Waals surface area contributed by atoms with Crippen LogP contribution in [0.1, 0.15) is 16.1 Å². The fraction of sp³-hybridized carbons (Fsp3) is 0.286. The van der Waals surface area contributed by atoms with E-state index >= 15 is 0 Å². The van der Waals surface area contributed by atoms with Gasteiger partial charge in [0.2, 0.25) is 0 Å². The Kier molecular flexibility index (Phi) is 2.71. The van der Waals surface area contributed by atoms with Gasteiger partial charge in [0.25, 0.3) is 0 Å². The molecule has 0 unspecified atom stereocenters. The lowest BCUT2D eigenvalue weighted by Gasteiger charge is -1.98. The summed E-state index contributed by atoms with van der Waals surface area (Å²) in [5.41, 5.74) is 6.24. The van der Waals surface area contributed by atoms with Gasteiger partial charge in [0.15, 0.2) is 0 Å². The fourth-order valence-electron chi connectivity index (χ4n) is 0.740. The van der Waals surface area contributed by atoms with E-state index in [1.807, 2.05) is 0 Å². The summed E-state index contributed by atoms with van der Waals surface area (Å²) in [6.45, 7) is 0.262. The van der Waals surface area contributed by atoms with Crippen LogP contribution in [-0.2, 0) is 11.3 Å². The Labute approximate surface area is 69.5 Å². The summed E-state index contributed by atoms with van der Waals surface area (Å²) in [6.07, 6.45) is 1.34. The van der Waals surface area contributed by atoms with Crippen LogP contribution in [0.15, 0.2) is 12.3 Å². The summed E-state index contributed by atoms with van der Waals surface area (Å²) >= 11 is 0. The zero-order chi connectivity index (χ0) is 8.97. The van der Waals surface area contributed by atoms with Gasteiger partial charge in [0.1, 0.15) is 0 Å². The van der Waals surface area contributed by atoms with Crippen molar-refractivity contribution in [3.05, 3.63) is 23.5 Å². The first-order valence-electron chi connectivity index (χ1n) is 3.38. The average Bonchev–Trinajstić information content (AvgIpc) is 2.17. The summed E-state index contributed by atoms with van der Waals surface area (Å²) < 4.78 is 4.49. The molecule has 0 spiro atoms. The molecule has 5 heteroatoms. The molecule has 5 nitrogen and oxygen atoms in total. The number of carbonyl (C=O) groups excluding carboxylic acids is 1. The summed E-state index contributed by atoms with van der Waals surface area (Å²) in [4.78, 5) is 11.0. The SMILES string of the molecule is COC(=O)c1cnnc(CN)c1. The predicted molar refractivity (Wildman–Crippen MR) is 41.3 cm³/mol. The van der Waals surface area contributed by atoms with Crippen LogP contribution in [0.2, 0.25) is 0 Å². The molecule has 0 saturated carbocycles. The molecule has 0 saturated heterocycles.